The van der Waals surface area contributed by atoms with Gasteiger partial charge in [0.25, 0.3) is 5.91 Å². The predicted molar refractivity (Wildman–Crippen MR) is 132 cm³/mol. The Kier molecular flexibility index (Phi) is 8.85. The van der Waals surface area contributed by atoms with Gasteiger partial charge in [0.05, 0.1) is 21.0 Å². The minimum atomic E-state index is -0.350. The minimum Gasteiger partial charge on any atom is -0.484 e. The van der Waals surface area contributed by atoms with E-state index in [0.717, 1.165) is 4.90 Å². The summed E-state index contributed by atoms with van der Waals surface area (Å²) in [6.45, 7) is 1.84. The number of ether oxygens (including phenoxy) is 1. The average molecular weight is 489 g/mol. The highest BCUT2D eigenvalue weighted by Gasteiger charge is 2.20. The molecule has 166 valence electrons. The third kappa shape index (κ3) is 6.92. The summed E-state index contributed by atoms with van der Waals surface area (Å²) >= 11 is 13.6. The maximum atomic E-state index is 12.8. The number of para-hydroxylation sites is 1. The Bertz CT molecular complexity index is 1080. The SMILES string of the molecule is CCC(Sc1cccc(NC(=O)COc2ccccc2)c1)C(=O)Nc1cccc(Cl)c1Cl. The number of hydrogen-bond acceptors (Lipinski definition) is 4. The summed E-state index contributed by atoms with van der Waals surface area (Å²) < 4.78 is 5.47. The number of carbonyl (C=O) groups is 2. The third-order valence-electron chi connectivity index (χ3n) is 4.38. The highest BCUT2D eigenvalue weighted by atomic mass is 35.5. The molecular weight excluding hydrogens is 467 g/mol. The van der Waals surface area contributed by atoms with E-state index in [1.54, 1.807) is 36.4 Å². The Balaban J connectivity index is 1.59. The van der Waals surface area contributed by atoms with Crippen LogP contribution in [0.15, 0.2) is 77.7 Å². The van der Waals surface area contributed by atoms with Crippen LogP contribution in [0.4, 0.5) is 11.4 Å². The number of amides is 2. The van der Waals surface area contributed by atoms with E-state index in [-0.39, 0.29) is 23.7 Å². The number of thioether (sulfide) groups is 1. The zero-order valence-electron chi connectivity index (χ0n) is 17.3. The number of nitrogens with one attached hydrogen (secondary N) is 2. The number of hydrogen-bond donors (Lipinski definition) is 2. The molecule has 0 fully saturated rings. The Labute approximate surface area is 201 Å². The zero-order chi connectivity index (χ0) is 22.9. The molecule has 0 aliphatic carbocycles. The van der Waals surface area contributed by atoms with Crippen LogP contribution in [0.1, 0.15) is 13.3 Å². The average Bonchev–Trinajstić information content (AvgIpc) is 2.80. The van der Waals surface area contributed by atoms with Gasteiger partial charge in [0.1, 0.15) is 5.75 Å². The Morgan fingerprint density at radius 1 is 0.969 bits per heavy atom. The number of carbonyl (C=O) groups excluding carboxylic acids is 2. The third-order valence-corrected chi connectivity index (χ3v) is 6.56. The number of rotatable bonds is 9. The fourth-order valence-electron chi connectivity index (χ4n) is 2.81. The van der Waals surface area contributed by atoms with Crippen LogP contribution in [0.3, 0.4) is 0 Å². The Morgan fingerprint density at radius 2 is 1.72 bits per heavy atom. The summed E-state index contributed by atoms with van der Waals surface area (Å²) in [5.41, 5.74) is 1.10. The van der Waals surface area contributed by atoms with Gasteiger partial charge in [-0.15, -0.1) is 11.8 Å². The van der Waals surface area contributed by atoms with E-state index in [1.807, 2.05) is 43.3 Å². The second-order valence-corrected chi connectivity index (χ2v) is 8.84. The van der Waals surface area contributed by atoms with Crippen LogP contribution in [0.2, 0.25) is 10.0 Å². The number of halogens is 2. The van der Waals surface area contributed by atoms with E-state index in [0.29, 0.717) is 33.6 Å². The molecule has 0 radical (unpaired) electrons. The highest BCUT2D eigenvalue weighted by molar-refractivity contribution is 8.00. The molecule has 2 N–H and O–H groups in total. The summed E-state index contributed by atoms with van der Waals surface area (Å²) in [5, 5.41) is 6.00. The first-order valence-electron chi connectivity index (χ1n) is 9.95. The van der Waals surface area contributed by atoms with Crippen molar-refractivity contribution < 1.29 is 14.3 Å². The lowest BCUT2D eigenvalue weighted by Gasteiger charge is -2.16. The zero-order valence-corrected chi connectivity index (χ0v) is 19.6. The fraction of sp³-hybridized carbons (Fsp3) is 0.167. The van der Waals surface area contributed by atoms with Crippen LogP contribution < -0.4 is 15.4 Å². The molecule has 0 aliphatic rings. The number of benzene rings is 3. The van der Waals surface area contributed by atoms with Crippen LogP contribution in [0.5, 0.6) is 5.75 Å². The first-order valence-corrected chi connectivity index (χ1v) is 11.6. The molecule has 0 spiro atoms. The van der Waals surface area contributed by atoms with Gasteiger partial charge in [-0.05, 0) is 48.9 Å². The van der Waals surface area contributed by atoms with E-state index in [4.69, 9.17) is 27.9 Å². The molecule has 3 aromatic carbocycles. The van der Waals surface area contributed by atoms with E-state index >= 15 is 0 Å². The molecule has 0 bridgehead atoms. The van der Waals surface area contributed by atoms with Crippen LogP contribution >= 0.6 is 35.0 Å². The van der Waals surface area contributed by atoms with Crippen molar-refractivity contribution in [1.29, 1.82) is 0 Å². The fourth-order valence-corrected chi connectivity index (χ4v) is 4.17. The van der Waals surface area contributed by atoms with Gasteiger partial charge in [-0.3, -0.25) is 9.59 Å². The summed E-state index contributed by atoms with van der Waals surface area (Å²) in [7, 11) is 0. The molecule has 0 saturated carbocycles. The van der Waals surface area contributed by atoms with Gasteiger partial charge < -0.3 is 15.4 Å². The molecule has 3 rings (SSSR count). The molecule has 0 aromatic heterocycles. The van der Waals surface area contributed by atoms with Crippen molar-refractivity contribution >= 4 is 58.2 Å². The van der Waals surface area contributed by atoms with Crippen LogP contribution in [0.25, 0.3) is 0 Å². The van der Waals surface area contributed by atoms with E-state index in [2.05, 4.69) is 10.6 Å². The van der Waals surface area contributed by atoms with E-state index < -0.39 is 0 Å². The van der Waals surface area contributed by atoms with Gasteiger partial charge in [0.2, 0.25) is 5.91 Å². The highest BCUT2D eigenvalue weighted by Crippen LogP contribution is 2.32. The molecule has 5 nitrogen and oxygen atoms in total. The van der Waals surface area contributed by atoms with Gasteiger partial charge >= 0.3 is 0 Å². The quantitative estimate of drug-likeness (QED) is 0.336. The summed E-state index contributed by atoms with van der Waals surface area (Å²) in [6.07, 6.45) is 0.607. The van der Waals surface area contributed by atoms with Crippen molar-refractivity contribution in [1.82, 2.24) is 0 Å². The largest absolute Gasteiger partial charge is 0.484 e. The van der Waals surface area contributed by atoms with Crippen molar-refractivity contribution in [3.8, 4) is 5.75 Å². The smallest absolute Gasteiger partial charge is 0.262 e. The van der Waals surface area contributed by atoms with Crippen molar-refractivity contribution in [2.24, 2.45) is 0 Å². The topological polar surface area (TPSA) is 67.4 Å². The lowest BCUT2D eigenvalue weighted by molar-refractivity contribution is -0.118. The molecule has 32 heavy (non-hydrogen) atoms. The van der Waals surface area contributed by atoms with E-state index in [1.165, 1.54) is 11.8 Å². The van der Waals surface area contributed by atoms with Gasteiger partial charge in [-0.1, -0.05) is 60.5 Å². The van der Waals surface area contributed by atoms with Crippen molar-refractivity contribution in [3.05, 3.63) is 82.8 Å². The van der Waals surface area contributed by atoms with Crippen molar-refractivity contribution in [3.63, 3.8) is 0 Å². The molecule has 1 unspecified atom stereocenters. The van der Waals surface area contributed by atoms with Crippen molar-refractivity contribution in [2.75, 3.05) is 17.2 Å². The Morgan fingerprint density at radius 3 is 2.47 bits per heavy atom. The molecular formula is C24H22Cl2N2O3S. The second-order valence-electron chi connectivity index (χ2n) is 6.78. The lowest BCUT2D eigenvalue weighted by Crippen LogP contribution is -2.24. The maximum Gasteiger partial charge on any atom is 0.262 e. The lowest BCUT2D eigenvalue weighted by atomic mass is 10.2. The molecule has 0 heterocycles. The molecule has 8 heteroatoms. The van der Waals surface area contributed by atoms with Gasteiger partial charge in [-0.25, -0.2) is 0 Å². The minimum absolute atomic E-state index is 0.0955. The molecule has 2 amide bonds. The normalized spacial score (nSPS) is 11.5. The predicted octanol–water partition coefficient (Wildman–Crippen LogP) is 6.52. The summed E-state index contributed by atoms with van der Waals surface area (Å²) in [4.78, 5) is 25.8. The van der Waals surface area contributed by atoms with Gasteiger partial charge in [0.15, 0.2) is 6.61 Å². The Hall–Kier alpha value is -2.67. The monoisotopic (exact) mass is 488 g/mol. The molecule has 3 aromatic rings. The number of anilines is 2. The van der Waals surface area contributed by atoms with Crippen LogP contribution in [0, 0.1) is 0 Å². The van der Waals surface area contributed by atoms with Gasteiger partial charge in [0, 0.05) is 10.6 Å². The standard InChI is InChI=1S/C24H22Cl2N2O3S/c1-2-21(24(30)28-20-13-7-12-19(25)23(20)26)32-18-11-6-8-16(14-18)27-22(29)15-31-17-9-4-3-5-10-17/h3-14,21H,2,15H2,1H3,(H,27,29)(H,28,30). The van der Waals surface area contributed by atoms with Crippen LogP contribution in [-0.4, -0.2) is 23.7 Å². The van der Waals surface area contributed by atoms with Crippen LogP contribution in [-0.2, 0) is 9.59 Å². The first kappa shape index (κ1) is 24.0. The van der Waals surface area contributed by atoms with E-state index in [9.17, 15) is 9.59 Å². The molecule has 1 atom stereocenters. The molecule has 0 aliphatic heterocycles. The second kappa shape index (κ2) is 11.8. The summed E-state index contributed by atoms with van der Waals surface area (Å²) in [6, 6.07) is 21.6. The molecule has 0 saturated heterocycles. The van der Waals surface area contributed by atoms with Crippen molar-refractivity contribution in [2.45, 2.75) is 23.5 Å². The van der Waals surface area contributed by atoms with Gasteiger partial charge in [-0.2, -0.15) is 0 Å². The first-order chi connectivity index (χ1) is 15.5. The maximum absolute atomic E-state index is 12.8. The summed E-state index contributed by atoms with van der Waals surface area (Å²) in [5.74, 6) is 0.187.